The van der Waals surface area contributed by atoms with Gasteiger partial charge in [0.15, 0.2) is 0 Å². The zero-order chi connectivity index (χ0) is 14.4. The number of nitrogens with one attached hydrogen (secondary N) is 1. The summed E-state index contributed by atoms with van der Waals surface area (Å²) in [4.78, 5) is 12.5. The van der Waals surface area contributed by atoms with Gasteiger partial charge in [0.25, 0.3) is 5.69 Å². The summed E-state index contributed by atoms with van der Waals surface area (Å²) in [6, 6.07) is 5.10. The Morgan fingerprint density at radius 2 is 2.21 bits per heavy atom. The van der Waals surface area contributed by atoms with Crippen LogP contribution in [0.1, 0.15) is 13.3 Å². The zero-order valence-electron chi connectivity index (χ0n) is 11.4. The van der Waals surface area contributed by atoms with Crippen molar-refractivity contribution in [2.24, 2.45) is 5.84 Å². The fourth-order valence-electron chi connectivity index (χ4n) is 1.72. The van der Waals surface area contributed by atoms with Crippen molar-refractivity contribution in [2.75, 3.05) is 29.4 Å². The molecule has 1 aromatic carbocycles. The molecule has 6 nitrogen and oxygen atoms in total. The summed E-state index contributed by atoms with van der Waals surface area (Å²) in [5, 5.41) is 10.9. The van der Waals surface area contributed by atoms with E-state index in [1.54, 1.807) is 17.8 Å². The number of hydrazine groups is 1. The van der Waals surface area contributed by atoms with Crippen molar-refractivity contribution in [3.05, 3.63) is 28.3 Å². The second-order valence-electron chi connectivity index (χ2n) is 4.38. The molecule has 7 heteroatoms. The van der Waals surface area contributed by atoms with Gasteiger partial charge >= 0.3 is 0 Å². The Labute approximate surface area is 117 Å². The fourth-order valence-corrected chi connectivity index (χ4v) is 2.30. The Kier molecular flexibility index (Phi) is 5.91. The molecule has 0 aliphatic heterocycles. The largest absolute Gasteiger partial charge is 0.372 e. The minimum Gasteiger partial charge on any atom is -0.372 e. The number of non-ortho nitro benzene ring substituents is 1. The van der Waals surface area contributed by atoms with Gasteiger partial charge in [-0.25, -0.2) is 0 Å². The van der Waals surface area contributed by atoms with E-state index in [2.05, 4.69) is 18.6 Å². The van der Waals surface area contributed by atoms with E-state index in [0.29, 0.717) is 11.7 Å². The third-order valence-corrected chi connectivity index (χ3v) is 3.73. The molecule has 0 spiro atoms. The second-order valence-corrected chi connectivity index (χ2v) is 5.37. The van der Waals surface area contributed by atoms with E-state index in [4.69, 9.17) is 5.84 Å². The molecule has 1 aromatic rings. The van der Waals surface area contributed by atoms with Crippen LogP contribution >= 0.6 is 11.8 Å². The SMILES string of the molecule is CSCCC(C)N(C)c1cc(NN)cc([N+](=O)[O-])c1. The molecule has 0 aromatic heterocycles. The molecule has 19 heavy (non-hydrogen) atoms. The predicted octanol–water partition coefficient (Wildman–Crippen LogP) is 2.46. The van der Waals surface area contributed by atoms with Crippen LogP contribution in [0.4, 0.5) is 17.1 Å². The van der Waals surface area contributed by atoms with Gasteiger partial charge in [-0.15, -0.1) is 0 Å². The maximum atomic E-state index is 10.9. The Morgan fingerprint density at radius 1 is 1.53 bits per heavy atom. The van der Waals surface area contributed by atoms with Gasteiger partial charge in [-0.3, -0.25) is 16.0 Å². The van der Waals surface area contributed by atoms with Crippen LogP contribution in [0, 0.1) is 10.1 Å². The lowest BCUT2D eigenvalue weighted by Crippen LogP contribution is -2.29. The summed E-state index contributed by atoms with van der Waals surface area (Å²) in [5.41, 5.74) is 3.82. The quantitative estimate of drug-likeness (QED) is 0.454. The van der Waals surface area contributed by atoms with Crippen molar-refractivity contribution >= 4 is 28.8 Å². The molecular weight excluding hydrogens is 264 g/mol. The standard InChI is InChI=1S/C12H20N4O2S/c1-9(4-5-19-3)15(2)11-6-10(14-13)7-12(8-11)16(17)18/h6-9,14H,4-5,13H2,1-3H3. The van der Waals surface area contributed by atoms with Gasteiger partial charge in [0.05, 0.1) is 10.6 Å². The molecule has 3 N–H and O–H groups in total. The fraction of sp³-hybridized carbons (Fsp3) is 0.500. The number of nitro groups is 1. The average Bonchev–Trinajstić information content (AvgIpc) is 2.43. The monoisotopic (exact) mass is 284 g/mol. The van der Waals surface area contributed by atoms with Crippen molar-refractivity contribution in [1.29, 1.82) is 0 Å². The number of thioether (sulfide) groups is 1. The number of hydrogen-bond donors (Lipinski definition) is 2. The normalized spacial score (nSPS) is 12.0. The van der Waals surface area contributed by atoms with E-state index in [-0.39, 0.29) is 5.69 Å². The van der Waals surface area contributed by atoms with Gasteiger partial charge in [-0.2, -0.15) is 11.8 Å². The number of nitrogen functional groups attached to an aromatic ring is 1. The van der Waals surface area contributed by atoms with Gasteiger partial charge < -0.3 is 10.3 Å². The molecule has 1 atom stereocenters. The van der Waals surface area contributed by atoms with Crippen molar-refractivity contribution in [3.63, 3.8) is 0 Å². The molecule has 0 aliphatic carbocycles. The maximum absolute atomic E-state index is 10.9. The predicted molar refractivity (Wildman–Crippen MR) is 81.8 cm³/mol. The molecule has 0 bridgehead atoms. The molecule has 0 saturated carbocycles. The first kappa shape index (κ1) is 15.6. The van der Waals surface area contributed by atoms with Gasteiger partial charge in [0, 0.05) is 30.9 Å². The van der Waals surface area contributed by atoms with Gasteiger partial charge in [-0.1, -0.05) is 0 Å². The van der Waals surface area contributed by atoms with Crippen LogP contribution in [0.2, 0.25) is 0 Å². The van der Waals surface area contributed by atoms with Gasteiger partial charge in [0.2, 0.25) is 0 Å². The minimum absolute atomic E-state index is 0.0365. The van der Waals surface area contributed by atoms with E-state index in [9.17, 15) is 10.1 Å². The van der Waals surface area contributed by atoms with Crippen LogP contribution < -0.4 is 16.2 Å². The van der Waals surface area contributed by atoms with Crippen molar-refractivity contribution in [2.45, 2.75) is 19.4 Å². The van der Waals surface area contributed by atoms with Crippen LogP contribution in [0.15, 0.2) is 18.2 Å². The molecule has 0 fully saturated rings. The van der Waals surface area contributed by atoms with E-state index < -0.39 is 4.92 Å². The van der Waals surface area contributed by atoms with Crippen molar-refractivity contribution < 1.29 is 4.92 Å². The Morgan fingerprint density at radius 3 is 2.74 bits per heavy atom. The van der Waals surface area contributed by atoms with E-state index >= 15 is 0 Å². The first-order valence-electron chi connectivity index (χ1n) is 5.97. The molecule has 1 rings (SSSR count). The minimum atomic E-state index is -0.412. The number of nitro benzene ring substituents is 1. The third-order valence-electron chi connectivity index (χ3n) is 3.09. The third kappa shape index (κ3) is 4.29. The topological polar surface area (TPSA) is 84.4 Å². The highest BCUT2D eigenvalue weighted by Gasteiger charge is 2.15. The Hall–Kier alpha value is -1.47. The molecule has 0 heterocycles. The summed E-state index contributed by atoms with van der Waals surface area (Å²) < 4.78 is 0. The molecule has 1 unspecified atom stereocenters. The van der Waals surface area contributed by atoms with Crippen LogP contribution in [-0.2, 0) is 0 Å². The van der Waals surface area contributed by atoms with Crippen LogP contribution in [-0.4, -0.2) is 30.0 Å². The molecule has 106 valence electrons. The molecular formula is C12H20N4O2S. The molecule has 0 saturated heterocycles. The number of nitrogens with two attached hydrogens (primary N) is 1. The summed E-state index contributed by atoms with van der Waals surface area (Å²) >= 11 is 1.79. The Bertz CT molecular complexity index is 442. The van der Waals surface area contributed by atoms with Crippen molar-refractivity contribution in [1.82, 2.24) is 0 Å². The highest BCUT2D eigenvalue weighted by molar-refractivity contribution is 7.98. The lowest BCUT2D eigenvalue weighted by Gasteiger charge is -2.27. The highest BCUT2D eigenvalue weighted by Crippen LogP contribution is 2.27. The van der Waals surface area contributed by atoms with Crippen LogP contribution in [0.3, 0.4) is 0 Å². The summed E-state index contributed by atoms with van der Waals surface area (Å²) in [6.07, 6.45) is 3.09. The first-order valence-corrected chi connectivity index (χ1v) is 7.36. The van der Waals surface area contributed by atoms with Gasteiger partial charge in [-0.05, 0) is 31.4 Å². The first-order chi connectivity index (χ1) is 8.99. The molecule has 0 aliphatic rings. The van der Waals surface area contributed by atoms with Crippen LogP contribution in [0.5, 0.6) is 0 Å². The van der Waals surface area contributed by atoms with Crippen LogP contribution in [0.25, 0.3) is 0 Å². The second kappa shape index (κ2) is 7.20. The highest BCUT2D eigenvalue weighted by atomic mass is 32.2. The van der Waals surface area contributed by atoms with E-state index in [1.165, 1.54) is 6.07 Å². The molecule has 0 amide bonds. The zero-order valence-corrected chi connectivity index (χ0v) is 12.2. The Balaban J connectivity index is 2.97. The lowest BCUT2D eigenvalue weighted by molar-refractivity contribution is -0.384. The number of anilines is 2. The number of hydrogen-bond acceptors (Lipinski definition) is 6. The molecule has 0 radical (unpaired) electrons. The smallest absolute Gasteiger partial charge is 0.273 e. The summed E-state index contributed by atoms with van der Waals surface area (Å²) in [5.74, 6) is 6.41. The number of nitrogens with zero attached hydrogens (tertiary/aromatic N) is 2. The van der Waals surface area contributed by atoms with Gasteiger partial charge in [0.1, 0.15) is 0 Å². The summed E-state index contributed by atoms with van der Waals surface area (Å²) in [7, 11) is 1.93. The summed E-state index contributed by atoms with van der Waals surface area (Å²) in [6.45, 7) is 2.10. The van der Waals surface area contributed by atoms with E-state index in [0.717, 1.165) is 17.9 Å². The average molecular weight is 284 g/mol. The van der Waals surface area contributed by atoms with E-state index in [1.807, 2.05) is 18.0 Å². The maximum Gasteiger partial charge on any atom is 0.273 e. The number of rotatable bonds is 7. The number of benzene rings is 1. The lowest BCUT2D eigenvalue weighted by atomic mass is 10.1. The van der Waals surface area contributed by atoms with Crippen molar-refractivity contribution in [3.8, 4) is 0 Å².